The van der Waals surface area contributed by atoms with Crippen LogP contribution in [0.1, 0.15) is 43.2 Å². The van der Waals surface area contributed by atoms with Gasteiger partial charge in [0.05, 0.1) is 12.7 Å². The van der Waals surface area contributed by atoms with Crippen molar-refractivity contribution in [3.8, 4) is 5.75 Å². The summed E-state index contributed by atoms with van der Waals surface area (Å²) in [7, 11) is 3.47. The van der Waals surface area contributed by atoms with Gasteiger partial charge in [0.1, 0.15) is 11.4 Å². The highest BCUT2D eigenvalue weighted by Gasteiger charge is 2.45. The van der Waals surface area contributed by atoms with Gasteiger partial charge >= 0.3 is 0 Å². The second kappa shape index (κ2) is 8.74. The van der Waals surface area contributed by atoms with E-state index in [1.165, 1.54) is 11.3 Å². The molecule has 4 rings (SSSR count). The number of para-hydroxylation sites is 1. The molecule has 0 saturated heterocycles. The number of benzene rings is 2. The van der Waals surface area contributed by atoms with Crippen molar-refractivity contribution < 1.29 is 14.3 Å². The van der Waals surface area contributed by atoms with Crippen molar-refractivity contribution in [2.75, 3.05) is 14.2 Å². The zero-order valence-electron chi connectivity index (χ0n) is 17.6. The van der Waals surface area contributed by atoms with Crippen LogP contribution in [0.25, 0.3) is 5.57 Å². The lowest BCUT2D eigenvalue weighted by atomic mass is 9.94. The predicted octanol–water partition coefficient (Wildman–Crippen LogP) is 4.24. The van der Waals surface area contributed by atoms with E-state index >= 15 is 0 Å². The average Bonchev–Trinajstić information content (AvgIpc) is 3.05. The molecule has 1 fully saturated rings. The Labute approximate surface area is 177 Å². The largest absolute Gasteiger partial charge is 0.496 e. The highest BCUT2D eigenvalue weighted by atomic mass is 16.5. The maximum Gasteiger partial charge on any atom is 0.278 e. The number of rotatable bonds is 6. The molecular formula is C25H28N2O3. The number of ether oxygens (including phenoxy) is 1. The Morgan fingerprint density at radius 2 is 1.60 bits per heavy atom. The van der Waals surface area contributed by atoms with Crippen LogP contribution in [0.4, 0.5) is 0 Å². The maximum atomic E-state index is 13.6. The molecule has 0 atom stereocenters. The topological polar surface area (TPSA) is 49.9 Å². The van der Waals surface area contributed by atoms with E-state index in [0.29, 0.717) is 29.1 Å². The minimum Gasteiger partial charge on any atom is -0.496 e. The number of methoxy groups -OCH3 is 1. The molecule has 0 unspecified atom stereocenters. The van der Waals surface area contributed by atoms with Crippen LogP contribution in [0.2, 0.25) is 0 Å². The fourth-order valence-electron chi connectivity index (χ4n) is 4.59. The van der Waals surface area contributed by atoms with E-state index in [4.69, 9.17) is 4.74 Å². The molecule has 0 aromatic heterocycles. The Kier molecular flexibility index (Phi) is 5.88. The van der Waals surface area contributed by atoms with Gasteiger partial charge in [0, 0.05) is 25.2 Å². The van der Waals surface area contributed by atoms with Gasteiger partial charge in [-0.15, -0.1) is 0 Å². The second-order valence-electron chi connectivity index (χ2n) is 8.04. The Morgan fingerprint density at radius 3 is 2.30 bits per heavy atom. The van der Waals surface area contributed by atoms with E-state index in [0.717, 1.165) is 31.2 Å². The van der Waals surface area contributed by atoms with Crippen LogP contribution in [0.5, 0.6) is 5.75 Å². The molecule has 2 aliphatic rings. The number of likely N-dealkylation sites (N-methyl/N-ethyl adjacent to an activating group) is 1. The van der Waals surface area contributed by atoms with Gasteiger partial charge in [0.25, 0.3) is 11.8 Å². The Bertz CT molecular complexity index is 961. The van der Waals surface area contributed by atoms with Crippen LogP contribution in [0.15, 0.2) is 60.3 Å². The van der Waals surface area contributed by atoms with Gasteiger partial charge in [-0.1, -0.05) is 67.8 Å². The van der Waals surface area contributed by atoms with Crippen molar-refractivity contribution >= 4 is 17.4 Å². The number of hydrogen-bond acceptors (Lipinski definition) is 4. The number of carbonyl (C=O) groups is 2. The zero-order valence-corrected chi connectivity index (χ0v) is 17.6. The quantitative estimate of drug-likeness (QED) is 0.676. The first-order chi connectivity index (χ1) is 14.6. The van der Waals surface area contributed by atoms with Crippen LogP contribution < -0.4 is 4.74 Å². The molecule has 2 aromatic rings. The van der Waals surface area contributed by atoms with Gasteiger partial charge < -0.3 is 9.64 Å². The number of amides is 2. The standard InChI is InChI=1S/C25H28N2O3/c1-26(17-18-11-5-3-6-12-18)23-22(20-15-9-10-16-21(20)30-2)24(28)27(25(23)29)19-13-7-4-8-14-19/h3,5-6,9-12,15-16,19H,4,7-8,13-14,17H2,1-2H3. The summed E-state index contributed by atoms with van der Waals surface area (Å²) in [5.41, 5.74) is 2.66. The molecular weight excluding hydrogens is 376 g/mol. The van der Waals surface area contributed by atoms with Gasteiger partial charge in [-0.2, -0.15) is 0 Å². The fourth-order valence-corrected chi connectivity index (χ4v) is 4.59. The second-order valence-corrected chi connectivity index (χ2v) is 8.04. The third-order valence-corrected chi connectivity index (χ3v) is 6.05. The Balaban J connectivity index is 1.77. The minimum absolute atomic E-state index is 0.0221. The number of nitrogens with zero attached hydrogens (tertiary/aromatic N) is 2. The molecule has 0 bridgehead atoms. The molecule has 2 aromatic carbocycles. The number of hydrogen-bond donors (Lipinski definition) is 0. The monoisotopic (exact) mass is 404 g/mol. The van der Waals surface area contributed by atoms with Gasteiger partial charge in [-0.3, -0.25) is 14.5 Å². The van der Waals surface area contributed by atoms with Crippen LogP contribution in [-0.2, 0) is 16.1 Å². The first-order valence-electron chi connectivity index (χ1n) is 10.6. The van der Waals surface area contributed by atoms with E-state index < -0.39 is 0 Å². The minimum atomic E-state index is -0.202. The molecule has 0 N–H and O–H groups in total. The van der Waals surface area contributed by atoms with Crippen molar-refractivity contribution in [1.82, 2.24) is 9.80 Å². The van der Waals surface area contributed by atoms with E-state index in [1.54, 1.807) is 7.11 Å². The SMILES string of the molecule is COc1ccccc1C1=C(N(C)Cc2ccccc2)C(=O)N(C2CCCCC2)C1=O. The molecule has 1 saturated carbocycles. The number of carbonyl (C=O) groups excluding carboxylic acids is 2. The van der Waals surface area contributed by atoms with Crippen LogP contribution in [0.3, 0.4) is 0 Å². The molecule has 1 aliphatic heterocycles. The summed E-state index contributed by atoms with van der Waals surface area (Å²) in [6.07, 6.45) is 5.04. The van der Waals surface area contributed by atoms with Crippen LogP contribution in [0, 0.1) is 0 Å². The van der Waals surface area contributed by atoms with Crippen molar-refractivity contribution in [3.63, 3.8) is 0 Å². The van der Waals surface area contributed by atoms with Crippen molar-refractivity contribution in [2.24, 2.45) is 0 Å². The van der Waals surface area contributed by atoms with Gasteiger partial charge in [0.15, 0.2) is 0 Å². The summed E-state index contributed by atoms with van der Waals surface area (Å²) in [6.45, 7) is 0.548. The highest BCUT2D eigenvalue weighted by Crippen LogP contribution is 2.39. The van der Waals surface area contributed by atoms with Crippen molar-refractivity contribution in [3.05, 3.63) is 71.4 Å². The summed E-state index contributed by atoms with van der Waals surface area (Å²) in [5, 5.41) is 0. The predicted molar refractivity (Wildman–Crippen MR) is 117 cm³/mol. The summed E-state index contributed by atoms with van der Waals surface area (Å²) < 4.78 is 5.53. The summed E-state index contributed by atoms with van der Waals surface area (Å²) in [6, 6.07) is 17.4. The molecule has 1 aliphatic carbocycles. The first-order valence-corrected chi connectivity index (χ1v) is 10.6. The van der Waals surface area contributed by atoms with E-state index in [1.807, 2.05) is 66.5 Å². The van der Waals surface area contributed by atoms with Crippen molar-refractivity contribution in [1.29, 1.82) is 0 Å². The lowest BCUT2D eigenvalue weighted by Gasteiger charge is -2.30. The molecule has 1 heterocycles. The normalized spacial score (nSPS) is 17.6. The summed E-state index contributed by atoms with van der Waals surface area (Å²) in [4.78, 5) is 30.6. The van der Waals surface area contributed by atoms with E-state index in [2.05, 4.69) is 0 Å². The van der Waals surface area contributed by atoms with Crippen molar-refractivity contribution in [2.45, 2.75) is 44.7 Å². The Morgan fingerprint density at radius 1 is 0.933 bits per heavy atom. The Hall–Kier alpha value is -3.08. The lowest BCUT2D eigenvalue weighted by molar-refractivity contribution is -0.140. The molecule has 0 radical (unpaired) electrons. The summed E-state index contributed by atoms with van der Waals surface area (Å²) in [5.74, 6) is 0.210. The zero-order chi connectivity index (χ0) is 21.1. The third-order valence-electron chi connectivity index (χ3n) is 6.05. The maximum absolute atomic E-state index is 13.6. The van der Waals surface area contributed by atoms with Crippen LogP contribution in [-0.4, -0.2) is 41.8 Å². The fraction of sp³-hybridized carbons (Fsp3) is 0.360. The summed E-state index contributed by atoms with van der Waals surface area (Å²) >= 11 is 0. The lowest BCUT2D eigenvalue weighted by Crippen LogP contribution is -2.43. The van der Waals surface area contributed by atoms with Gasteiger partial charge in [-0.05, 0) is 24.5 Å². The van der Waals surface area contributed by atoms with Crippen LogP contribution >= 0.6 is 0 Å². The highest BCUT2D eigenvalue weighted by molar-refractivity contribution is 6.36. The molecule has 5 nitrogen and oxygen atoms in total. The average molecular weight is 405 g/mol. The molecule has 5 heteroatoms. The number of imide groups is 1. The van der Waals surface area contributed by atoms with Gasteiger partial charge in [0.2, 0.25) is 0 Å². The van der Waals surface area contributed by atoms with Gasteiger partial charge in [-0.25, -0.2) is 0 Å². The third kappa shape index (κ3) is 3.72. The molecule has 30 heavy (non-hydrogen) atoms. The van der Waals surface area contributed by atoms with E-state index in [9.17, 15) is 9.59 Å². The molecule has 0 spiro atoms. The molecule has 156 valence electrons. The molecule has 2 amide bonds. The first kappa shape index (κ1) is 20.2. The van der Waals surface area contributed by atoms with E-state index in [-0.39, 0.29) is 17.9 Å². The smallest absolute Gasteiger partial charge is 0.278 e.